The Bertz CT molecular complexity index is 386. The van der Waals surface area contributed by atoms with E-state index in [0.717, 1.165) is 6.07 Å². The molecule has 1 aromatic heterocycles. The third kappa shape index (κ3) is 2.30. The van der Waals surface area contributed by atoms with Crippen LogP contribution in [0.5, 0.6) is 0 Å². The number of alkyl halides is 2. The average Bonchev–Trinajstić information content (AvgIpc) is 2.08. The highest BCUT2D eigenvalue weighted by atomic mass is 127. The first kappa shape index (κ1) is 11.6. The molecule has 0 fully saturated rings. The summed E-state index contributed by atoms with van der Waals surface area (Å²) in [5.74, 6) is -1.49. The fourth-order valence-electron chi connectivity index (χ4n) is 0.818. The van der Waals surface area contributed by atoms with Crippen molar-refractivity contribution in [3.63, 3.8) is 0 Å². The number of carboxylic acid groups (broad SMARTS) is 1. The molecule has 14 heavy (non-hydrogen) atoms. The minimum Gasteiger partial charge on any atom is -0.476 e. The van der Waals surface area contributed by atoms with Crippen molar-refractivity contribution in [1.82, 2.24) is 4.98 Å². The van der Waals surface area contributed by atoms with E-state index >= 15 is 0 Å². The molecule has 0 bridgehead atoms. The summed E-state index contributed by atoms with van der Waals surface area (Å²) >= 11 is 7.21. The fraction of sp³-hybridized carbons (Fsp3) is 0.143. The molecule has 0 aromatic carbocycles. The van der Waals surface area contributed by atoms with Gasteiger partial charge in [-0.3, -0.25) is 0 Å². The monoisotopic (exact) mass is 333 g/mol. The van der Waals surface area contributed by atoms with Crippen molar-refractivity contribution in [1.29, 1.82) is 0 Å². The molecule has 1 heterocycles. The molecule has 7 heteroatoms. The maximum absolute atomic E-state index is 12.3. The van der Waals surface area contributed by atoms with E-state index in [1.165, 1.54) is 0 Å². The molecule has 76 valence electrons. The minimum absolute atomic E-state index is 0.0194. The number of hydrogen-bond acceptors (Lipinski definition) is 2. The van der Waals surface area contributed by atoms with Gasteiger partial charge in [0, 0.05) is 0 Å². The molecule has 0 unspecified atom stereocenters. The van der Waals surface area contributed by atoms with Crippen LogP contribution in [0.4, 0.5) is 8.78 Å². The van der Waals surface area contributed by atoms with Crippen LogP contribution >= 0.6 is 34.2 Å². The zero-order chi connectivity index (χ0) is 10.9. The number of aromatic nitrogens is 1. The quantitative estimate of drug-likeness (QED) is 0.669. The van der Waals surface area contributed by atoms with Crippen LogP contribution in [0.15, 0.2) is 6.07 Å². The lowest BCUT2D eigenvalue weighted by molar-refractivity contribution is 0.0677. The van der Waals surface area contributed by atoms with Gasteiger partial charge in [0.2, 0.25) is 0 Å². The van der Waals surface area contributed by atoms with E-state index in [2.05, 4.69) is 4.98 Å². The maximum Gasteiger partial charge on any atom is 0.355 e. The van der Waals surface area contributed by atoms with Gasteiger partial charge in [-0.1, -0.05) is 11.6 Å². The molecule has 0 saturated carbocycles. The van der Waals surface area contributed by atoms with E-state index in [1.807, 2.05) is 0 Å². The fourth-order valence-corrected chi connectivity index (χ4v) is 1.37. The van der Waals surface area contributed by atoms with Crippen LogP contribution in [-0.4, -0.2) is 16.1 Å². The van der Waals surface area contributed by atoms with E-state index in [-0.39, 0.29) is 8.72 Å². The van der Waals surface area contributed by atoms with Crippen molar-refractivity contribution in [2.45, 2.75) is 6.43 Å². The Hall–Kier alpha value is -0.500. The summed E-state index contributed by atoms with van der Waals surface area (Å²) < 4.78 is 24.9. The van der Waals surface area contributed by atoms with E-state index in [0.29, 0.717) is 0 Å². The number of nitrogens with zero attached hydrogens (tertiary/aromatic N) is 1. The van der Waals surface area contributed by atoms with Crippen LogP contribution in [0.25, 0.3) is 0 Å². The minimum atomic E-state index is -2.90. The predicted octanol–water partition coefficient (Wildman–Crippen LogP) is 2.98. The lowest BCUT2D eigenvalue weighted by Crippen LogP contribution is -2.07. The van der Waals surface area contributed by atoms with Gasteiger partial charge in [-0.05, 0) is 28.7 Å². The van der Waals surface area contributed by atoms with Crippen molar-refractivity contribution >= 4 is 40.2 Å². The van der Waals surface area contributed by atoms with Crippen LogP contribution in [-0.2, 0) is 0 Å². The average molecular weight is 333 g/mol. The molecule has 0 saturated heterocycles. The van der Waals surface area contributed by atoms with E-state index in [1.54, 1.807) is 22.6 Å². The number of halogens is 4. The molecule has 1 N–H and O–H groups in total. The Kier molecular flexibility index (Phi) is 3.59. The van der Waals surface area contributed by atoms with Crippen molar-refractivity contribution in [3.8, 4) is 0 Å². The summed E-state index contributed by atoms with van der Waals surface area (Å²) in [4.78, 5) is 14.0. The molecule has 1 rings (SSSR count). The molecule has 0 aliphatic heterocycles. The predicted molar refractivity (Wildman–Crippen MR) is 53.9 cm³/mol. The van der Waals surface area contributed by atoms with E-state index in [9.17, 15) is 13.6 Å². The zero-order valence-corrected chi connectivity index (χ0v) is 9.38. The highest BCUT2D eigenvalue weighted by molar-refractivity contribution is 14.1. The Balaban J connectivity index is 3.39. The lowest BCUT2D eigenvalue weighted by Gasteiger charge is -2.05. The van der Waals surface area contributed by atoms with Gasteiger partial charge in [0.1, 0.15) is 3.70 Å². The number of carbonyl (C=O) groups is 1. The van der Waals surface area contributed by atoms with Gasteiger partial charge in [-0.15, -0.1) is 0 Å². The second-order valence-electron chi connectivity index (χ2n) is 2.30. The summed E-state index contributed by atoms with van der Waals surface area (Å²) in [6.45, 7) is 0. The molecular weight excluding hydrogens is 330 g/mol. The van der Waals surface area contributed by atoms with Crippen molar-refractivity contribution < 1.29 is 18.7 Å². The summed E-state index contributed by atoms with van der Waals surface area (Å²) in [5, 5.41) is 8.61. The second kappa shape index (κ2) is 4.35. The van der Waals surface area contributed by atoms with Crippen LogP contribution in [0.3, 0.4) is 0 Å². The maximum atomic E-state index is 12.3. The third-order valence-electron chi connectivity index (χ3n) is 1.40. The Morgan fingerprint density at radius 2 is 2.21 bits per heavy atom. The largest absolute Gasteiger partial charge is 0.476 e. The molecular formula is C7H3ClF2INO2. The van der Waals surface area contributed by atoms with Crippen molar-refractivity contribution in [2.24, 2.45) is 0 Å². The first-order chi connectivity index (χ1) is 6.43. The number of pyridine rings is 1. The van der Waals surface area contributed by atoms with Crippen LogP contribution in [0.2, 0.25) is 5.02 Å². The van der Waals surface area contributed by atoms with E-state index < -0.39 is 23.7 Å². The number of rotatable bonds is 2. The van der Waals surface area contributed by atoms with Crippen molar-refractivity contribution in [3.05, 3.63) is 26.0 Å². The van der Waals surface area contributed by atoms with Crippen LogP contribution < -0.4 is 0 Å². The van der Waals surface area contributed by atoms with Gasteiger partial charge in [0.15, 0.2) is 5.69 Å². The van der Waals surface area contributed by atoms with Gasteiger partial charge in [-0.2, -0.15) is 0 Å². The molecule has 3 nitrogen and oxygen atoms in total. The second-order valence-corrected chi connectivity index (χ2v) is 3.73. The van der Waals surface area contributed by atoms with Gasteiger partial charge < -0.3 is 5.11 Å². The normalized spacial score (nSPS) is 10.6. The molecule has 0 amide bonds. The van der Waals surface area contributed by atoms with Gasteiger partial charge in [0.25, 0.3) is 6.43 Å². The Labute approximate surface area is 96.2 Å². The Morgan fingerprint density at radius 3 is 2.64 bits per heavy atom. The summed E-state index contributed by atoms with van der Waals surface area (Å²) in [6.07, 6.45) is -2.90. The summed E-state index contributed by atoms with van der Waals surface area (Å²) in [7, 11) is 0. The van der Waals surface area contributed by atoms with Crippen LogP contribution in [0.1, 0.15) is 22.5 Å². The topological polar surface area (TPSA) is 50.2 Å². The number of hydrogen-bond donors (Lipinski definition) is 1. The molecule has 0 radical (unpaired) electrons. The van der Waals surface area contributed by atoms with Crippen LogP contribution in [0, 0.1) is 3.70 Å². The Morgan fingerprint density at radius 1 is 1.64 bits per heavy atom. The summed E-state index contributed by atoms with van der Waals surface area (Å²) in [6, 6.07) is 0.921. The number of carboxylic acids is 1. The molecule has 0 aliphatic carbocycles. The third-order valence-corrected chi connectivity index (χ3v) is 2.83. The molecule has 1 aromatic rings. The SMILES string of the molecule is O=C(O)c1nc(I)c(Cl)cc1C(F)F. The highest BCUT2D eigenvalue weighted by Crippen LogP contribution is 2.27. The van der Waals surface area contributed by atoms with Gasteiger partial charge in [-0.25, -0.2) is 18.6 Å². The standard InChI is InChI=1S/C7H3ClF2INO2/c8-3-1-2(5(9)10)4(7(13)14)12-6(3)11/h1,5H,(H,13,14). The number of aromatic carboxylic acids is 1. The smallest absolute Gasteiger partial charge is 0.355 e. The van der Waals surface area contributed by atoms with Gasteiger partial charge >= 0.3 is 5.97 Å². The molecule has 0 atom stereocenters. The van der Waals surface area contributed by atoms with Gasteiger partial charge in [0.05, 0.1) is 10.6 Å². The zero-order valence-electron chi connectivity index (χ0n) is 6.47. The molecule has 0 aliphatic rings. The highest BCUT2D eigenvalue weighted by Gasteiger charge is 2.21. The molecule has 0 spiro atoms. The summed E-state index contributed by atoms with van der Waals surface area (Å²) in [5.41, 5.74) is -1.32. The first-order valence-corrected chi connectivity index (χ1v) is 4.76. The van der Waals surface area contributed by atoms with E-state index in [4.69, 9.17) is 16.7 Å². The lowest BCUT2D eigenvalue weighted by atomic mass is 10.2. The van der Waals surface area contributed by atoms with Crippen molar-refractivity contribution in [2.75, 3.05) is 0 Å². The first-order valence-electron chi connectivity index (χ1n) is 3.31.